The lowest BCUT2D eigenvalue weighted by Gasteiger charge is -2.02. The Labute approximate surface area is 97.3 Å². The van der Waals surface area contributed by atoms with Crippen molar-refractivity contribution >= 4 is 22.7 Å². The van der Waals surface area contributed by atoms with Crippen LogP contribution in [0, 0.1) is 23.3 Å². The van der Waals surface area contributed by atoms with E-state index in [-0.39, 0.29) is 0 Å². The predicted molar refractivity (Wildman–Crippen MR) is 53.9 cm³/mol. The summed E-state index contributed by atoms with van der Waals surface area (Å²) in [7, 11) is 0.981. The molecule has 0 saturated carbocycles. The van der Waals surface area contributed by atoms with E-state index in [1.807, 2.05) is 0 Å². The molecule has 4 nitrogen and oxygen atoms in total. The van der Waals surface area contributed by atoms with Gasteiger partial charge in [-0.15, -0.1) is 0 Å². The number of benzene rings is 1. The first-order valence-corrected chi connectivity index (χ1v) is 4.61. The van der Waals surface area contributed by atoms with Crippen LogP contribution in [0.25, 0.3) is 10.9 Å². The highest BCUT2D eigenvalue weighted by molar-refractivity contribution is 6.09. The van der Waals surface area contributed by atoms with Gasteiger partial charge in [-0.05, 0) is 0 Å². The maximum absolute atomic E-state index is 13.5. The van der Waals surface area contributed by atoms with Crippen molar-refractivity contribution in [1.82, 2.24) is 4.98 Å². The molecule has 0 bridgehead atoms. The van der Waals surface area contributed by atoms with Crippen molar-refractivity contribution in [2.24, 2.45) is 0 Å². The molecule has 0 aliphatic rings. The zero-order valence-corrected chi connectivity index (χ0v) is 8.91. The average molecular weight is 262 g/mol. The normalized spacial score (nSPS) is 10.9. The van der Waals surface area contributed by atoms with Crippen LogP contribution in [-0.4, -0.2) is 18.1 Å². The van der Waals surface area contributed by atoms with E-state index in [9.17, 15) is 22.4 Å². The number of anilines is 1. The van der Waals surface area contributed by atoms with Gasteiger partial charge in [-0.3, -0.25) is 0 Å². The molecule has 0 aliphatic heterocycles. The second kappa shape index (κ2) is 3.90. The molecule has 0 fully saturated rings. The van der Waals surface area contributed by atoms with Crippen molar-refractivity contribution in [2.45, 2.75) is 0 Å². The van der Waals surface area contributed by atoms with Gasteiger partial charge in [0.2, 0.25) is 0 Å². The number of H-pyrrole nitrogens is 1. The molecular formula is C10H6F4N2O2. The molecule has 18 heavy (non-hydrogen) atoms. The number of esters is 1. The molecule has 0 unspecified atom stereocenters. The number of hydrogen-bond donors (Lipinski definition) is 2. The number of nitrogens with two attached hydrogens (primary N) is 1. The van der Waals surface area contributed by atoms with Gasteiger partial charge in [0.05, 0.1) is 18.0 Å². The molecular weight excluding hydrogens is 256 g/mol. The summed E-state index contributed by atoms with van der Waals surface area (Å²) in [5, 5.41) is -0.782. The fourth-order valence-corrected chi connectivity index (χ4v) is 1.63. The van der Waals surface area contributed by atoms with E-state index in [1.54, 1.807) is 0 Å². The first kappa shape index (κ1) is 12.2. The van der Waals surface area contributed by atoms with Gasteiger partial charge in [0.25, 0.3) is 0 Å². The van der Waals surface area contributed by atoms with Crippen LogP contribution < -0.4 is 5.73 Å². The van der Waals surface area contributed by atoms with Gasteiger partial charge in [-0.1, -0.05) is 0 Å². The SMILES string of the molecule is COC(=O)c1c(N)[nH]c2c(F)c(F)c(F)c(F)c12. The monoisotopic (exact) mass is 262 g/mol. The third-order valence-electron chi connectivity index (χ3n) is 2.44. The van der Waals surface area contributed by atoms with Crippen molar-refractivity contribution in [1.29, 1.82) is 0 Å². The molecule has 0 saturated heterocycles. The van der Waals surface area contributed by atoms with Crippen molar-refractivity contribution < 1.29 is 27.1 Å². The van der Waals surface area contributed by atoms with Crippen molar-refractivity contribution in [3.63, 3.8) is 0 Å². The number of hydrogen-bond acceptors (Lipinski definition) is 3. The summed E-state index contributed by atoms with van der Waals surface area (Å²) in [4.78, 5) is 13.4. The second-order valence-corrected chi connectivity index (χ2v) is 3.41. The van der Waals surface area contributed by atoms with E-state index in [4.69, 9.17) is 5.73 Å². The Morgan fingerprint density at radius 1 is 1.11 bits per heavy atom. The topological polar surface area (TPSA) is 68.1 Å². The molecule has 1 aromatic carbocycles. The first-order chi connectivity index (χ1) is 8.40. The minimum atomic E-state index is -2.02. The van der Waals surface area contributed by atoms with Crippen LogP contribution in [0.2, 0.25) is 0 Å². The number of ether oxygens (including phenoxy) is 1. The molecule has 96 valence electrons. The Morgan fingerprint density at radius 3 is 2.22 bits per heavy atom. The van der Waals surface area contributed by atoms with Gasteiger partial charge in [0.1, 0.15) is 11.4 Å². The van der Waals surface area contributed by atoms with E-state index in [2.05, 4.69) is 9.72 Å². The van der Waals surface area contributed by atoms with E-state index in [1.165, 1.54) is 0 Å². The largest absolute Gasteiger partial charge is 0.465 e. The third kappa shape index (κ3) is 1.41. The molecule has 8 heteroatoms. The van der Waals surface area contributed by atoms with Crippen LogP contribution in [0.5, 0.6) is 0 Å². The van der Waals surface area contributed by atoms with Gasteiger partial charge in [0.15, 0.2) is 23.3 Å². The highest BCUT2D eigenvalue weighted by Crippen LogP contribution is 2.32. The molecule has 3 N–H and O–H groups in total. The number of fused-ring (bicyclic) bond motifs is 1. The summed E-state index contributed by atoms with van der Waals surface area (Å²) in [5.41, 5.74) is 4.02. The number of aromatic amines is 1. The lowest BCUT2D eigenvalue weighted by Crippen LogP contribution is -2.05. The highest BCUT2D eigenvalue weighted by Gasteiger charge is 2.28. The zero-order valence-electron chi connectivity index (χ0n) is 8.91. The predicted octanol–water partition coefficient (Wildman–Crippen LogP) is 2.09. The number of rotatable bonds is 1. The van der Waals surface area contributed by atoms with Gasteiger partial charge in [-0.2, -0.15) is 0 Å². The Balaban J connectivity index is 2.99. The Bertz CT molecular complexity index is 666. The third-order valence-corrected chi connectivity index (χ3v) is 2.44. The Kier molecular flexibility index (Phi) is 2.64. The molecule has 0 aliphatic carbocycles. The quantitative estimate of drug-likeness (QED) is 0.358. The van der Waals surface area contributed by atoms with Crippen LogP contribution in [0.1, 0.15) is 10.4 Å². The maximum Gasteiger partial charge on any atom is 0.342 e. The Hall–Kier alpha value is -2.25. The zero-order chi connectivity index (χ0) is 13.6. The number of nitrogen functional groups attached to an aromatic ring is 1. The number of methoxy groups -OCH3 is 1. The van der Waals surface area contributed by atoms with Gasteiger partial charge in [0, 0.05) is 0 Å². The van der Waals surface area contributed by atoms with Crippen LogP contribution in [-0.2, 0) is 4.74 Å². The molecule has 1 heterocycles. The average Bonchev–Trinajstić information content (AvgIpc) is 2.70. The summed E-state index contributed by atoms with van der Waals surface area (Å²) >= 11 is 0. The van der Waals surface area contributed by atoms with Crippen molar-refractivity contribution in [3.05, 3.63) is 28.8 Å². The second-order valence-electron chi connectivity index (χ2n) is 3.41. The van der Waals surface area contributed by atoms with E-state index < -0.39 is 51.5 Å². The molecule has 2 aromatic rings. The van der Waals surface area contributed by atoms with Crippen LogP contribution >= 0.6 is 0 Å². The fraction of sp³-hybridized carbons (Fsp3) is 0.100. The van der Waals surface area contributed by atoms with E-state index in [0.717, 1.165) is 7.11 Å². The van der Waals surface area contributed by atoms with Gasteiger partial charge in [-0.25, -0.2) is 22.4 Å². The first-order valence-electron chi connectivity index (χ1n) is 4.61. The van der Waals surface area contributed by atoms with Crippen molar-refractivity contribution in [3.8, 4) is 0 Å². The smallest absolute Gasteiger partial charge is 0.342 e. The molecule has 0 radical (unpaired) electrons. The fourth-order valence-electron chi connectivity index (χ4n) is 1.63. The number of carbonyl (C=O) groups excluding carboxylic acids is 1. The van der Waals surface area contributed by atoms with E-state index >= 15 is 0 Å². The number of halogens is 4. The lowest BCUT2D eigenvalue weighted by atomic mass is 10.1. The summed E-state index contributed by atoms with van der Waals surface area (Å²) in [5.74, 6) is -8.92. The number of nitrogens with one attached hydrogen (secondary N) is 1. The summed E-state index contributed by atoms with van der Waals surface area (Å²) in [6, 6.07) is 0. The van der Waals surface area contributed by atoms with Crippen LogP contribution in [0.4, 0.5) is 23.4 Å². The number of aromatic nitrogens is 1. The summed E-state index contributed by atoms with van der Waals surface area (Å²) in [6.45, 7) is 0. The van der Waals surface area contributed by atoms with Gasteiger partial charge >= 0.3 is 5.97 Å². The van der Waals surface area contributed by atoms with Crippen molar-refractivity contribution in [2.75, 3.05) is 12.8 Å². The summed E-state index contributed by atoms with van der Waals surface area (Å²) < 4.78 is 57.3. The maximum atomic E-state index is 13.5. The molecule has 2 rings (SSSR count). The molecule has 1 aromatic heterocycles. The standard InChI is InChI=1S/C10H6F4N2O2/c1-18-10(17)3-2-4(11)5(12)6(13)7(14)8(2)16-9(3)15/h16H,15H2,1H3. The van der Waals surface area contributed by atoms with Crippen LogP contribution in [0.3, 0.4) is 0 Å². The van der Waals surface area contributed by atoms with Crippen LogP contribution in [0.15, 0.2) is 0 Å². The molecule has 0 spiro atoms. The highest BCUT2D eigenvalue weighted by atomic mass is 19.2. The molecule has 0 atom stereocenters. The van der Waals surface area contributed by atoms with E-state index in [0.29, 0.717) is 0 Å². The minimum absolute atomic E-state index is 0.445. The Morgan fingerprint density at radius 2 is 1.67 bits per heavy atom. The summed E-state index contributed by atoms with van der Waals surface area (Å²) in [6.07, 6.45) is 0. The molecule has 0 amide bonds. The van der Waals surface area contributed by atoms with Gasteiger partial charge < -0.3 is 15.5 Å². The lowest BCUT2D eigenvalue weighted by molar-refractivity contribution is 0.0604. The number of carbonyl (C=O) groups is 1. The minimum Gasteiger partial charge on any atom is -0.465 e.